The third-order valence-electron chi connectivity index (χ3n) is 3.84. The van der Waals surface area contributed by atoms with Crippen molar-refractivity contribution in [3.05, 3.63) is 39.6 Å². The van der Waals surface area contributed by atoms with Crippen molar-refractivity contribution in [3.63, 3.8) is 0 Å². The molecule has 3 heterocycles. The fraction of sp³-hybridized carbons (Fsp3) is 0.533. The lowest BCUT2D eigenvalue weighted by atomic mass is 9.99. The quantitative estimate of drug-likeness (QED) is 0.867. The molecule has 0 radical (unpaired) electrons. The Hall–Kier alpha value is -1.17. The molecule has 108 valence electrons. The summed E-state index contributed by atoms with van der Waals surface area (Å²) in [6.07, 6.45) is 1.92. The van der Waals surface area contributed by atoms with Gasteiger partial charge >= 0.3 is 0 Å². The summed E-state index contributed by atoms with van der Waals surface area (Å²) < 4.78 is 7.54. The first kappa shape index (κ1) is 13.8. The summed E-state index contributed by atoms with van der Waals surface area (Å²) in [6.45, 7) is 5.90. The second-order valence-corrected chi connectivity index (χ2v) is 6.89. The third-order valence-corrected chi connectivity index (χ3v) is 4.83. The summed E-state index contributed by atoms with van der Waals surface area (Å²) in [4.78, 5) is 9.84. The molecule has 0 spiro atoms. The topological polar surface area (TPSA) is 30.3 Å². The van der Waals surface area contributed by atoms with Gasteiger partial charge in [-0.1, -0.05) is 0 Å². The minimum Gasteiger partial charge on any atom is -0.384 e. The van der Waals surface area contributed by atoms with E-state index in [1.165, 1.54) is 21.1 Å². The van der Waals surface area contributed by atoms with Gasteiger partial charge < -0.3 is 9.30 Å². The number of fused-ring (bicyclic) bond motifs is 1. The molecule has 4 nitrogen and oxygen atoms in total. The third kappa shape index (κ3) is 2.66. The average molecular weight is 291 g/mol. The molecule has 1 atom stereocenters. The van der Waals surface area contributed by atoms with Gasteiger partial charge in [0.25, 0.3) is 0 Å². The molecule has 0 amide bonds. The number of hydrogen-bond donors (Lipinski definition) is 0. The first-order valence-corrected chi connectivity index (χ1v) is 7.75. The van der Waals surface area contributed by atoms with Crippen molar-refractivity contribution < 1.29 is 4.74 Å². The van der Waals surface area contributed by atoms with Gasteiger partial charge in [0.1, 0.15) is 0 Å². The zero-order chi connectivity index (χ0) is 14.1. The number of thiophene rings is 1. The van der Waals surface area contributed by atoms with E-state index in [2.05, 4.69) is 40.6 Å². The van der Waals surface area contributed by atoms with Crippen LogP contribution in [0.25, 0.3) is 0 Å². The highest BCUT2D eigenvalue weighted by Crippen LogP contribution is 2.29. The number of rotatable bonds is 4. The predicted molar refractivity (Wildman–Crippen MR) is 81.0 cm³/mol. The maximum absolute atomic E-state index is 5.40. The van der Waals surface area contributed by atoms with Crippen LogP contribution in [0.1, 0.15) is 27.1 Å². The van der Waals surface area contributed by atoms with Crippen LogP contribution in [0, 0.1) is 6.92 Å². The number of aromatic nitrogens is 2. The standard InChI is InChI=1S/C15H21N3OS/c1-11-4-5-13(20-11)7-18-6-12(9-19-3)15-14(8-18)16-10-17(15)2/h4-5,10,12H,6-9H2,1-3H3/t12-/m1/s1. The fourth-order valence-electron chi connectivity index (χ4n) is 3.05. The molecule has 2 aromatic rings. The van der Waals surface area contributed by atoms with E-state index in [0.29, 0.717) is 5.92 Å². The minimum absolute atomic E-state index is 0.414. The van der Waals surface area contributed by atoms with Gasteiger partial charge in [-0.05, 0) is 19.1 Å². The van der Waals surface area contributed by atoms with E-state index in [1.54, 1.807) is 7.11 Å². The summed E-state index contributed by atoms with van der Waals surface area (Å²) in [5.74, 6) is 0.414. The van der Waals surface area contributed by atoms with Crippen molar-refractivity contribution in [2.24, 2.45) is 7.05 Å². The molecule has 20 heavy (non-hydrogen) atoms. The van der Waals surface area contributed by atoms with Crippen molar-refractivity contribution in [1.29, 1.82) is 0 Å². The van der Waals surface area contributed by atoms with Gasteiger partial charge in [-0.3, -0.25) is 4.90 Å². The summed E-state index contributed by atoms with van der Waals surface area (Å²) in [6, 6.07) is 4.43. The molecule has 3 rings (SSSR count). The molecule has 0 saturated carbocycles. The molecular formula is C15H21N3OS. The summed E-state index contributed by atoms with van der Waals surface area (Å²) >= 11 is 1.88. The van der Waals surface area contributed by atoms with E-state index in [0.717, 1.165) is 26.2 Å². The van der Waals surface area contributed by atoms with Gasteiger partial charge in [-0.15, -0.1) is 11.3 Å². The van der Waals surface area contributed by atoms with Gasteiger partial charge in [0.15, 0.2) is 0 Å². The Labute approximate surface area is 124 Å². The maximum Gasteiger partial charge on any atom is 0.0949 e. The monoisotopic (exact) mass is 291 g/mol. The van der Waals surface area contributed by atoms with Gasteiger partial charge in [0.05, 0.1) is 18.6 Å². The Kier molecular flexibility index (Phi) is 3.92. The number of imidazole rings is 1. The summed E-state index contributed by atoms with van der Waals surface area (Å²) in [5.41, 5.74) is 2.54. The lowest BCUT2D eigenvalue weighted by molar-refractivity contribution is 0.132. The van der Waals surface area contributed by atoms with Crippen molar-refractivity contribution >= 4 is 11.3 Å². The molecule has 2 aromatic heterocycles. The zero-order valence-corrected chi connectivity index (χ0v) is 13.1. The molecule has 0 N–H and O–H groups in total. The van der Waals surface area contributed by atoms with Gasteiger partial charge in [0.2, 0.25) is 0 Å². The van der Waals surface area contributed by atoms with E-state index in [9.17, 15) is 0 Å². The first-order valence-electron chi connectivity index (χ1n) is 6.94. The van der Waals surface area contributed by atoms with Crippen molar-refractivity contribution in [3.8, 4) is 0 Å². The first-order chi connectivity index (χ1) is 9.67. The molecule has 1 aliphatic heterocycles. The summed E-state index contributed by atoms with van der Waals surface area (Å²) in [7, 11) is 3.85. The van der Waals surface area contributed by atoms with Crippen LogP contribution in [-0.4, -0.2) is 34.7 Å². The van der Waals surface area contributed by atoms with Crippen molar-refractivity contribution in [1.82, 2.24) is 14.5 Å². The van der Waals surface area contributed by atoms with Crippen LogP contribution in [0.2, 0.25) is 0 Å². The van der Waals surface area contributed by atoms with Crippen LogP contribution >= 0.6 is 11.3 Å². The lowest BCUT2D eigenvalue weighted by Gasteiger charge is -2.32. The highest BCUT2D eigenvalue weighted by molar-refractivity contribution is 7.11. The van der Waals surface area contributed by atoms with Gasteiger partial charge in [0, 0.05) is 55.2 Å². The number of ether oxygens (including phenoxy) is 1. The van der Waals surface area contributed by atoms with Crippen LogP contribution in [0.5, 0.6) is 0 Å². The smallest absolute Gasteiger partial charge is 0.0949 e. The summed E-state index contributed by atoms with van der Waals surface area (Å²) in [5, 5.41) is 0. The van der Waals surface area contributed by atoms with Crippen molar-refractivity contribution in [2.45, 2.75) is 25.9 Å². The Balaban J connectivity index is 1.79. The van der Waals surface area contributed by atoms with Crippen LogP contribution in [-0.2, 0) is 24.9 Å². The number of hydrogen-bond acceptors (Lipinski definition) is 4. The van der Waals surface area contributed by atoms with Gasteiger partial charge in [-0.25, -0.2) is 4.98 Å². The van der Waals surface area contributed by atoms with E-state index < -0.39 is 0 Å². The van der Waals surface area contributed by atoms with E-state index >= 15 is 0 Å². The molecule has 0 aliphatic carbocycles. The van der Waals surface area contributed by atoms with E-state index in [1.807, 2.05) is 17.7 Å². The van der Waals surface area contributed by atoms with E-state index in [4.69, 9.17) is 4.74 Å². The molecule has 0 saturated heterocycles. The van der Waals surface area contributed by atoms with Gasteiger partial charge in [-0.2, -0.15) is 0 Å². The Morgan fingerprint density at radius 2 is 2.30 bits per heavy atom. The Bertz CT molecular complexity index is 590. The highest BCUT2D eigenvalue weighted by atomic mass is 32.1. The van der Waals surface area contributed by atoms with Crippen LogP contribution < -0.4 is 0 Å². The largest absolute Gasteiger partial charge is 0.384 e. The average Bonchev–Trinajstić information content (AvgIpc) is 2.97. The zero-order valence-electron chi connectivity index (χ0n) is 12.3. The fourth-order valence-corrected chi connectivity index (χ4v) is 3.98. The Morgan fingerprint density at radius 1 is 1.45 bits per heavy atom. The van der Waals surface area contributed by atoms with Crippen LogP contribution in [0.3, 0.4) is 0 Å². The molecule has 1 aliphatic rings. The number of methoxy groups -OCH3 is 1. The highest BCUT2D eigenvalue weighted by Gasteiger charge is 2.29. The number of aryl methyl sites for hydroxylation is 2. The lowest BCUT2D eigenvalue weighted by Crippen LogP contribution is -2.35. The second-order valence-electron chi connectivity index (χ2n) is 5.52. The van der Waals surface area contributed by atoms with E-state index in [-0.39, 0.29) is 0 Å². The predicted octanol–water partition coefficient (Wildman–Crippen LogP) is 2.54. The molecule has 0 bridgehead atoms. The number of nitrogens with zero attached hydrogens (tertiary/aromatic N) is 3. The molecule has 0 fully saturated rings. The molecule has 5 heteroatoms. The molecule has 0 aromatic carbocycles. The SMILES string of the molecule is COC[C@H]1CN(Cc2ccc(C)s2)Cc2ncn(C)c21. The molecule has 0 unspecified atom stereocenters. The maximum atomic E-state index is 5.40. The Morgan fingerprint density at radius 3 is 3.00 bits per heavy atom. The van der Waals surface area contributed by atoms with Crippen LogP contribution in [0.15, 0.2) is 18.5 Å². The van der Waals surface area contributed by atoms with Crippen LogP contribution in [0.4, 0.5) is 0 Å². The van der Waals surface area contributed by atoms with Crippen molar-refractivity contribution in [2.75, 3.05) is 20.3 Å². The molecular weight excluding hydrogens is 270 g/mol. The second kappa shape index (κ2) is 5.68. The minimum atomic E-state index is 0.414. The normalized spacial score (nSPS) is 19.2.